The van der Waals surface area contributed by atoms with Crippen molar-refractivity contribution < 1.29 is 19.1 Å². The fourth-order valence-electron chi connectivity index (χ4n) is 4.07. The van der Waals surface area contributed by atoms with Crippen molar-refractivity contribution in [1.82, 2.24) is 10.3 Å². The normalized spacial score (nSPS) is 17.3. The van der Waals surface area contributed by atoms with Crippen LogP contribution in [0.5, 0.6) is 11.5 Å². The fraction of sp³-hybridized carbons (Fsp3) is 0.292. The molecule has 7 nitrogen and oxygen atoms in total. The molecule has 0 fully saturated rings. The molecule has 2 atom stereocenters. The van der Waals surface area contributed by atoms with Crippen molar-refractivity contribution in [2.75, 3.05) is 12.1 Å². The van der Waals surface area contributed by atoms with Crippen LogP contribution in [0.4, 0.5) is 5.13 Å². The highest BCUT2D eigenvalue weighted by Crippen LogP contribution is 2.38. The Hall–Kier alpha value is -3.39. The summed E-state index contributed by atoms with van der Waals surface area (Å²) in [6.45, 7) is 2.14. The van der Waals surface area contributed by atoms with Crippen LogP contribution in [0.1, 0.15) is 58.2 Å². The van der Waals surface area contributed by atoms with Gasteiger partial charge in [0.05, 0.1) is 17.7 Å². The van der Waals surface area contributed by atoms with Crippen LogP contribution in [-0.2, 0) is 11.2 Å². The van der Waals surface area contributed by atoms with Gasteiger partial charge in [-0.15, -0.1) is 11.3 Å². The molecule has 0 saturated heterocycles. The topological polar surface area (TPSA) is 89.6 Å². The molecule has 164 valence electrons. The van der Waals surface area contributed by atoms with E-state index in [2.05, 4.69) is 15.6 Å². The zero-order chi connectivity index (χ0) is 22.1. The number of anilines is 1. The maximum Gasteiger partial charge on any atom is 0.257 e. The van der Waals surface area contributed by atoms with Gasteiger partial charge in [0, 0.05) is 10.4 Å². The second-order valence-electron chi connectivity index (χ2n) is 7.94. The maximum atomic E-state index is 13.0. The summed E-state index contributed by atoms with van der Waals surface area (Å²) in [4.78, 5) is 31.5. The molecule has 5 rings (SSSR count). The van der Waals surface area contributed by atoms with Crippen molar-refractivity contribution in [3.8, 4) is 11.5 Å². The Kier molecular flexibility index (Phi) is 5.53. The minimum Gasteiger partial charge on any atom is -0.454 e. The number of aryl methyl sites for hydroxylation is 1. The molecule has 2 N–H and O–H groups in total. The Bertz CT molecular complexity index is 1160. The largest absolute Gasteiger partial charge is 0.454 e. The predicted molar refractivity (Wildman–Crippen MR) is 121 cm³/mol. The molecule has 0 radical (unpaired) electrons. The van der Waals surface area contributed by atoms with Crippen LogP contribution in [0, 0.1) is 0 Å². The van der Waals surface area contributed by atoms with E-state index in [1.807, 2.05) is 37.3 Å². The number of benzene rings is 2. The van der Waals surface area contributed by atoms with Crippen molar-refractivity contribution in [2.24, 2.45) is 0 Å². The van der Waals surface area contributed by atoms with Gasteiger partial charge < -0.3 is 14.8 Å². The van der Waals surface area contributed by atoms with Crippen LogP contribution >= 0.6 is 11.3 Å². The van der Waals surface area contributed by atoms with Crippen molar-refractivity contribution in [3.63, 3.8) is 0 Å². The molecule has 3 aromatic rings. The highest BCUT2D eigenvalue weighted by atomic mass is 32.1. The Morgan fingerprint density at radius 2 is 1.94 bits per heavy atom. The van der Waals surface area contributed by atoms with Crippen molar-refractivity contribution in [2.45, 2.75) is 38.1 Å². The molecule has 0 bridgehead atoms. The third-order valence-corrected chi connectivity index (χ3v) is 6.83. The number of hydrogen-bond acceptors (Lipinski definition) is 6. The van der Waals surface area contributed by atoms with Gasteiger partial charge in [-0.05, 0) is 49.9 Å². The van der Waals surface area contributed by atoms with E-state index in [1.165, 1.54) is 11.3 Å². The van der Waals surface area contributed by atoms with E-state index in [0.717, 1.165) is 35.4 Å². The Labute approximate surface area is 189 Å². The summed E-state index contributed by atoms with van der Waals surface area (Å²) in [7, 11) is 0. The molecule has 2 aromatic carbocycles. The van der Waals surface area contributed by atoms with Crippen LogP contribution in [0.2, 0.25) is 0 Å². The molecule has 1 aliphatic heterocycles. The zero-order valence-electron chi connectivity index (χ0n) is 17.6. The van der Waals surface area contributed by atoms with Crippen molar-refractivity contribution in [3.05, 3.63) is 70.2 Å². The van der Waals surface area contributed by atoms with Crippen LogP contribution in [0.15, 0.2) is 48.5 Å². The van der Waals surface area contributed by atoms with E-state index in [1.54, 1.807) is 18.2 Å². The lowest BCUT2D eigenvalue weighted by Gasteiger charge is -2.23. The maximum absolute atomic E-state index is 13.0. The summed E-state index contributed by atoms with van der Waals surface area (Å²) in [5.74, 6) is 0.580. The Morgan fingerprint density at radius 1 is 1.12 bits per heavy atom. The van der Waals surface area contributed by atoms with E-state index >= 15 is 0 Å². The Morgan fingerprint density at radius 3 is 2.78 bits per heavy atom. The molecular weight excluding hydrogens is 426 g/mol. The van der Waals surface area contributed by atoms with Gasteiger partial charge in [-0.2, -0.15) is 0 Å². The minimum absolute atomic E-state index is 0.0266. The van der Waals surface area contributed by atoms with Gasteiger partial charge in [0.2, 0.25) is 12.7 Å². The molecule has 1 aliphatic carbocycles. The molecule has 8 heteroatoms. The number of ether oxygens (including phenoxy) is 2. The number of aromatic nitrogens is 1. The second kappa shape index (κ2) is 8.63. The summed E-state index contributed by atoms with van der Waals surface area (Å²) >= 11 is 1.44. The number of rotatable bonds is 5. The van der Waals surface area contributed by atoms with Gasteiger partial charge >= 0.3 is 0 Å². The summed E-state index contributed by atoms with van der Waals surface area (Å²) < 4.78 is 10.6. The van der Waals surface area contributed by atoms with Gasteiger partial charge in [-0.25, -0.2) is 4.98 Å². The van der Waals surface area contributed by atoms with Gasteiger partial charge in [0.25, 0.3) is 5.91 Å². The third-order valence-electron chi connectivity index (χ3n) is 5.78. The van der Waals surface area contributed by atoms with Crippen LogP contribution in [0.25, 0.3) is 0 Å². The van der Waals surface area contributed by atoms with Gasteiger partial charge in [-0.3, -0.25) is 14.9 Å². The van der Waals surface area contributed by atoms with Gasteiger partial charge in [0.15, 0.2) is 16.6 Å². The first kappa shape index (κ1) is 20.5. The van der Waals surface area contributed by atoms with E-state index in [0.29, 0.717) is 22.2 Å². The molecule has 0 saturated carbocycles. The fourth-order valence-corrected chi connectivity index (χ4v) is 5.13. The molecule has 1 aromatic heterocycles. The standard InChI is InChI=1S/C24H23N3O4S/c1-14(15-6-3-2-4-7-15)25-23(29)17-8-5-9-20-21(17)26-24(32-20)27-22(28)16-10-11-18-19(12-16)31-13-30-18/h2-4,6-7,10-12,14,17H,5,8-9,13H2,1H3,(H,25,29)(H,26,27,28)/t14-,17+/m1/s1. The average Bonchev–Trinajstić information content (AvgIpc) is 3.45. The number of amides is 2. The first-order valence-electron chi connectivity index (χ1n) is 10.6. The number of carbonyl (C=O) groups is 2. The highest BCUT2D eigenvalue weighted by Gasteiger charge is 2.31. The van der Waals surface area contributed by atoms with E-state index in [9.17, 15) is 9.59 Å². The number of thiazole rings is 1. The average molecular weight is 450 g/mol. The summed E-state index contributed by atoms with van der Waals surface area (Å²) in [6.07, 6.45) is 2.53. The molecular formula is C24H23N3O4S. The smallest absolute Gasteiger partial charge is 0.257 e. The molecule has 0 unspecified atom stereocenters. The van der Waals surface area contributed by atoms with Crippen molar-refractivity contribution >= 4 is 28.3 Å². The Balaban J connectivity index is 1.30. The molecule has 32 heavy (non-hydrogen) atoms. The lowest BCUT2D eigenvalue weighted by Crippen LogP contribution is -2.33. The van der Waals surface area contributed by atoms with Crippen LogP contribution in [0.3, 0.4) is 0 Å². The number of carbonyl (C=O) groups excluding carboxylic acids is 2. The first-order valence-corrected chi connectivity index (χ1v) is 11.5. The molecule has 0 spiro atoms. The second-order valence-corrected chi connectivity index (χ2v) is 9.02. The van der Waals surface area contributed by atoms with E-state index < -0.39 is 0 Å². The molecule has 2 heterocycles. The lowest BCUT2D eigenvalue weighted by molar-refractivity contribution is -0.123. The summed E-state index contributed by atoms with van der Waals surface area (Å²) in [6, 6.07) is 14.9. The zero-order valence-corrected chi connectivity index (χ0v) is 18.4. The number of hydrogen-bond donors (Lipinski definition) is 2. The quantitative estimate of drug-likeness (QED) is 0.602. The third kappa shape index (κ3) is 4.05. The van der Waals surface area contributed by atoms with Crippen LogP contribution in [-0.4, -0.2) is 23.6 Å². The van der Waals surface area contributed by atoms with Gasteiger partial charge in [-0.1, -0.05) is 30.3 Å². The number of nitrogens with zero attached hydrogens (tertiary/aromatic N) is 1. The van der Waals surface area contributed by atoms with E-state index in [-0.39, 0.29) is 30.6 Å². The summed E-state index contributed by atoms with van der Waals surface area (Å²) in [5.41, 5.74) is 2.31. The SMILES string of the molecule is C[C@@H](NC(=O)[C@H]1CCCc2sc(NC(=O)c3ccc4c(c3)OCO4)nc21)c1ccccc1. The lowest BCUT2D eigenvalue weighted by atomic mass is 9.90. The highest BCUT2D eigenvalue weighted by molar-refractivity contribution is 7.16. The van der Waals surface area contributed by atoms with Crippen LogP contribution < -0.4 is 20.1 Å². The van der Waals surface area contributed by atoms with Crippen molar-refractivity contribution in [1.29, 1.82) is 0 Å². The molecule has 2 amide bonds. The first-order chi connectivity index (χ1) is 15.6. The number of nitrogens with one attached hydrogen (secondary N) is 2. The number of fused-ring (bicyclic) bond motifs is 2. The monoisotopic (exact) mass is 449 g/mol. The minimum atomic E-state index is -0.308. The molecule has 2 aliphatic rings. The van der Waals surface area contributed by atoms with Gasteiger partial charge in [0.1, 0.15) is 0 Å². The predicted octanol–water partition coefficient (Wildman–Crippen LogP) is 4.42. The summed E-state index contributed by atoms with van der Waals surface area (Å²) in [5, 5.41) is 6.50. The van der Waals surface area contributed by atoms with E-state index in [4.69, 9.17) is 9.47 Å².